The molecule has 0 fully saturated rings. The predicted molar refractivity (Wildman–Crippen MR) is 135 cm³/mol. The van der Waals surface area contributed by atoms with Crippen LogP contribution in [-0.2, 0) is 6.54 Å². The molecule has 2 aromatic heterocycles. The van der Waals surface area contributed by atoms with Crippen LogP contribution < -0.4 is 5.32 Å². The van der Waals surface area contributed by atoms with E-state index in [1.54, 1.807) is 0 Å². The molecule has 1 N–H and O–H groups in total. The Kier molecular flexibility index (Phi) is 7.99. The van der Waals surface area contributed by atoms with Gasteiger partial charge in [-0.15, -0.1) is 10.2 Å². The van der Waals surface area contributed by atoms with Gasteiger partial charge in [0.2, 0.25) is 11.8 Å². The van der Waals surface area contributed by atoms with Gasteiger partial charge < -0.3 is 9.73 Å². The van der Waals surface area contributed by atoms with Crippen LogP contribution in [0.25, 0.3) is 34.0 Å². The van der Waals surface area contributed by atoms with Crippen LogP contribution in [0.3, 0.4) is 0 Å². The van der Waals surface area contributed by atoms with Crippen molar-refractivity contribution in [2.45, 2.75) is 52.5 Å². The molecule has 0 spiro atoms. The molecule has 5 heteroatoms. The van der Waals surface area contributed by atoms with E-state index < -0.39 is 0 Å². The Labute approximate surface area is 196 Å². The number of unbranched alkanes of at least 4 members (excludes halogenated alkanes) is 2. The lowest BCUT2D eigenvalue weighted by atomic mass is 10.00. The van der Waals surface area contributed by atoms with E-state index in [0.717, 1.165) is 48.8 Å². The van der Waals surface area contributed by atoms with E-state index in [0.29, 0.717) is 11.8 Å². The van der Waals surface area contributed by atoms with Gasteiger partial charge in [-0.2, -0.15) is 0 Å². The lowest BCUT2D eigenvalue weighted by Crippen LogP contribution is -2.14. The SMILES string of the molecule is CCCCNCc1ccc(-c2nnc(/C=C(\CCCC)c3ccccc3)o2)c2cccnc12. The lowest BCUT2D eigenvalue weighted by molar-refractivity contribution is 0.558. The molecule has 0 unspecified atom stereocenters. The van der Waals surface area contributed by atoms with Crippen LogP contribution in [0, 0.1) is 0 Å². The molecule has 0 aliphatic rings. The molecule has 170 valence electrons. The number of benzene rings is 2. The quantitative estimate of drug-likeness (QED) is 0.257. The molecule has 0 saturated heterocycles. The number of allylic oxidation sites excluding steroid dienone is 1. The summed E-state index contributed by atoms with van der Waals surface area (Å²) in [6.45, 7) is 6.21. The number of nitrogens with one attached hydrogen (secondary N) is 1. The van der Waals surface area contributed by atoms with Gasteiger partial charge in [-0.25, -0.2) is 0 Å². The molecule has 0 atom stereocenters. The fourth-order valence-electron chi connectivity index (χ4n) is 3.96. The maximum absolute atomic E-state index is 6.12. The van der Waals surface area contributed by atoms with Gasteiger partial charge in [0.15, 0.2) is 0 Å². The van der Waals surface area contributed by atoms with Crippen LogP contribution in [0.1, 0.15) is 63.0 Å². The maximum Gasteiger partial charge on any atom is 0.248 e. The minimum atomic E-state index is 0.521. The molecule has 4 aromatic rings. The molecule has 33 heavy (non-hydrogen) atoms. The van der Waals surface area contributed by atoms with Gasteiger partial charge in [-0.3, -0.25) is 4.98 Å². The van der Waals surface area contributed by atoms with Crippen molar-refractivity contribution in [3.8, 4) is 11.5 Å². The molecule has 0 amide bonds. The Morgan fingerprint density at radius 1 is 0.939 bits per heavy atom. The number of rotatable bonds is 11. The first-order valence-corrected chi connectivity index (χ1v) is 12.0. The van der Waals surface area contributed by atoms with Crippen LogP contribution in [0.15, 0.2) is 65.2 Å². The predicted octanol–water partition coefficient (Wildman–Crippen LogP) is 6.91. The van der Waals surface area contributed by atoms with Crippen molar-refractivity contribution < 1.29 is 4.42 Å². The molecule has 0 aliphatic heterocycles. The third-order valence-corrected chi connectivity index (χ3v) is 5.79. The van der Waals surface area contributed by atoms with Gasteiger partial charge in [0.1, 0.15) is 0 Å². The normalized spacial score (nSPS) is 11.9. The molecule has 4 rings (SSSR count). The fourth-order valence-corrected chi connectivity index (χ4v) is 3.96. The highest BCUT2D eigenvalue weighted by Crippen LogP contribution is 2.30. The summed E-state index contributed by atoms with van der Waals surface area (Å²) in [5.41, 5.74) is 5.48. The van der Waals surface area contributed by atoms with Crippen LogP contribution >= 0.6 is 0 Å². The van der Waals surface area contributed by atoms with Crippen molar-refractivity contribution in [1.82, 2.24) is 20.5 Å². The molecule has 0 bridgehead atoms. The summed E-state index contributed by atoms with van der Waals surface area (Å²) in [7, 11) is 0. The largest absolute Gasteiger partial charge is 0.417 e. The monoisotopic (exact) mass is 440 g/mol. The van der Waals surface area contributed by atoms with Crippen LogP contribution in [0.4, 0.5) is 0 Å². The summed E-state index contributed by atoms with van der Waals surface area (Å²) in [5, 5.41) is 13.3. The van der Waals surface area contributed by atoms with Crippen molar-refractivity contribution in [3.63, 3.8) is 0 Å². The third kappa shape index (κ3) is 5.74. The summed E-state index contributed by atoms with van der Waals surface area (Å²) in [6, 6.07) is 18.6. The minimum Gasteiger partial charge on any atom is -0.417 e. The first kappa shape index (κ1) is 22.9. The lowest BCUT2D eigenvalue weighted by Gasteiger charge is -2.09. The smallest absolute Gasteiger partial charge is 0.248 e. The van der Waals surface area contributed by atoms with E-state index in [2.05, 4.69) is 76.8 Å². The summed E-state index contributed by atoms with van der Waals surface area (Å²) in [6.07, 6.45) is 9.44. The Morgan fingerprint density at radius 3 is 2.61 bits per heavy atom. The number of fused-ring (bicyclic) bond motifs is 1. The maximum atomic E-state index is 6.12. The summed E-state index contributed by atoms with van der Waals surface area (Å²) in [4.78, 5) is 4.65. The number of pyridine rings is 1. The number of hydrogen-bond acceptors (Lipinski definition) is 5. The summed E-state index contributed by atoms with van der Waals surface area (Å²) >= 11 is 0. The van der Waals surface area contributed by atoms with E-state index in [-0.39, 0.29) is 0 Å². The molecule has 0 radical (unpaired) electrons. The van der Waals surface area contributed by atoms with Gasteiger partial charge in [-0.1, -0.05) is 69.2 Å². The Morgan fingerprint density at radius 2 is 1.79 bits per heavy atom. The molecule has 0 aliphatic carbocycles. The first-order valence-electron chi connectivity index (χ1n) is 12.0. The molecular weight excluding hydrogens is 408 g/mol. The summed E-state index contributed by atoms with van der Waals surface area (Å²) in [5.74, 6) is 1.05. The molecule has 2 aromatic carbocycles. The summed E-state index contributed by atoms with van der Waals surface area (Å²) < 4.78 is 6.12. The first-order chi connectivity index (χ1) is 16.3. The van der Waals surface area contributed by atoms with Crippen molar-refractivity contribution in [1.29, 1.82) is 0 Å². The zero-order valence-corrected chi connectivity index (χ0v) is 19.6. The third-order valence-electron chi connectivity index (χ3n) is 5.79. The van der Waals surface area contributed by atoms with Crippen LogP contribution in [0.2, 0.25) is 0 Å². The Bertz CT molecular complexity index is 1200. The van der Waals surface area contributed by atoms with Crippen molar-refractivity contribution in [3.05, 3.63) is 77.8 Å². The highest BCUT2D eigenvalue weighted by Gasteiger charge is 2.14. The van der Waals surface area contributed by atoms with Crippen molar-refractivity contribution >= 4 is 22.6 Å². The highest BCUT2D eigenvalue weighted by atomic mass is 16.4. The average Bonchev–Trinajstić information content (AvgIpc) is 3.33. The highest BCUT2D eigenvalue weighted by molar-refractivity contribution is 5.94. The van der Waals surface area contributed by atoms with Gasteiger partial charge >= 0.3 is 0 Å². The standard InChI is InChI=1S/C28H32N4O/c1-3-5-11-22(21-12-8-7-9-13-21)19-26-31-32-28(33-26)25-16-15-23(20-29-17-6-4-2)27-24(25)14-10-18-30-27/h7-10,12-16,18-19,29H,3-6,11,17,20H2,1-2H3/b22-19+. The zero-order chi connectivity index (χ0) is 22.9. The van der Waals surface area contributed by atoms with Gasteiger partial charge in [-0.05, 0) is 54.6 Å². The Balaban J connectivity index is 1.64. The number of aromatic nitrogens is 3. The van der Waals surface area contributed by atoms with Gasteiger partial charge in [0.25, 0.3) is 0 Å². The topological polar surface area (TPSA) is 63.8 Å². The molecule has 2 heterocycles. The second-order valence-corrected chi connectivity index (χ2v) is 8.29. The molecule has 0 saturated carbocycles. The van der Waals surface area contributed by atoms with Crippen molar-refractivity contribution in [2.24, 2.45) is 0 Å². The Hall–Kier alpha value is -3.31. The molecular formula is C28H32N4O. The fraction of sp³-hybridized carbons (Fsp3) is 0.321. The van der Waals surface area contributed by atoms with Crippen LogP contribution in [-0.4, -0.2) is 21.7 Å². The van der Waals surface area contributed by atoms with E-state index >= 15 is 0 Å². The second-order valence-electron chi connectivity index (χ2n) is 8.29. The van der Waals surface area contributed by atoms with Crippen molar-refractivity contribution in [2.75, 3.05) is 6.54 Å². The number of hydrogen-bond donors (Lipinski definition) is 1. The molecule has 5 nitrogen and oxygen atoms in total. The second kappa shape index (κ2) is 11.5. The minimum absolute atomic E-state index is 0.521. The van der Waals surface area contributed by atoms with Gasteiger partial charge in [0.05, 0.1) is 5.52 Å². The average molecular weight is 441 g/mol. The van der Waals surface area contributed by atoms with Gasteiger partial charge in [0, 0.05) is 29.8 Å². The van der Waals surface area contributed by atoms with E-state index in [9.17, 15) is 0 Å². The van der Waals surface area contributed by atoms with E-state index in [1.807, 2.05) is 24.4 Å². The van der Waals surface area contributed by atoms with E-state index in [4.69, 9.17) is 4.42 Å². The number of nitrogens with zero attached hydrogens (tertiary/aromatic N) is 3. The zero-order valence-electron chi connectivity index (χ0n) is 19.6. The van der Waals surface area contributed by atoms with Crippen LogP contribution in [0.5, 0.6) is 0 Å². The van der Waals surface area contributed by atoms with E-state index in [1.165, 1.54) is 29.5 Å².